The molecule has 1 nitrogen and oxygen atoms in total. The standard InChI is InChI=1S/C60H49N/c1-60(2)58-25-15-14-24-54(58)55-37-33-48(40-59(55)60)61(46-30-27-43(28-31-46)42-18-8-4-9-19-42)47-32-36-49(56(39-47)44-20-10-5-11-21-44)45-29-35-53-52(34-26-41-16-6-3-7-17-41)50-22-12-13-23-51(50)57(53)38-45/h3-13,15-23,25,27-33,35-40,52H,14,24,26,34H2,1-2H3. The predicted molar refractivity (Wildman–Crippen MR) is 258 cm³/mol. The molecular weight excluding hydrogens is 735 g/mol. The van der Waals surface area contributed by atoms with E-state index in [1.165, 1.54) is 89.2 Å². The van der Waals surface area contributed by atoms with Crippen LogP contribution >= 0.6 is 0 Å². The quantitative estimate of drug-likeness (QED) is 0.141. The molecule has 3 aliphatic carbocycles. The molecule has 8 aromatic rings. The molecular formula is C60H49N. The Morgan fingerprint density at radius 3 is 1.85 bits per heavy atom. The van der Waals surface area contributed by atoms with E-state index < -0.39 is 0 Å². The molecule has 0 fully saturated rings. The second-order valence-corrected chi connectivity index (χ2v) is 17.5. The van der Waals surface area contributed by atoms with Crippen LogP contribution in [0.5, 0.6) is 0 Å². The largest absolute Gasteiger partial charge is 0.310 e. The fourth-order valence-electron chi connectivity index (χ4n) is 10.5. The van der Waals surface area contributed by atoms with Crippen molar-refractivity contribution in [1.29, 1.82) is 0 Å². The Balaban J connectivity index is 1.04. The molecule has 0 N–H and O–H groups in total. The molecule has 0 aromatic heterocycles. The van der Waals surface area contributed by atoms with Gasteiger partial charge in [-0.25, -0.2) is 0 Å². The van der Waals surface area contributed by atoms with Crippen molar-refractivity contribution in [1.82, 2.24) is 0 Å². The van der Waals surface area contributed by atoms with Crippen molar-refractivity contribution >= 4 is 22.6 Å². The molecule has 294 valence electrons. The van der Waals surface area contributed by atoms with Gasteiger partial charge in [0.15, 0.2) is 0 Å². The average molecular weight is 784 g/mol. The van der Waals surface area contributed by atoms with Gasteiger partial charge in [0.05, 0.1) is 0 Å². The van der Waals surface area contributed by atoms with Crippen molar-refractivity contribution in [2.24, 2.45) is 0 Å². The van der Waals surface area contributed by atoms with E-state index >= 15 is 0 Å². The van der Waals surface area contributed by atoms with E-state index in [0.717, 1.165) is 37.1 Å². The first-order valence-electron chi connectivity index (χ1n) is 22.0. The second-order valence-electron chi connectivity index (χ2n) is 17.5. The van der Waals surface area contributed by atoms with Crippen molar-refractivity contribution in [3.63, 3.8) is 0 Å². The Morgan fingerprint density at radius 2 is 1.08 bits per heavy atom. The molecule has 61 heavy (non-hydrogen) atoms. The van der Waals surface area contributed by atoms with Gasteiger partial charge < -0.3 is 4.90 Å². The van der Waals surface area contributed by atoms with Gasteiger partial charge in [-0.05, 0) is 152 Å². The average Bonchev–Trinajstić information content (AvgIpc) is 3.76. The summed E-state index contributed by atoms with van der Waals surface area (Å²) in [4.78, 5) is 2.46. The van der Waals surface area contributed by atoms with Crippen LogP contribution in [0.15, 0.2) is 212 Å². The van der Waals surface area contributed by atoms with E-state index in [-0.39, 0.29) is 5.41 Å². The number of anilines is 3. The van der Waals surface area contributed by atoms with Crippen LogP contribution in [0, 0.1) is 0 Å². The van der Waals surface area contributed by atoms with Crippen molar-refractivity contribution in [2.75, 3.05) is 4.90 Å². The van der Waals surface area contributed by atoms with Crippen molar-refractivity contribution < 1.29 is 0 Å². The molecule has 11 rings (SSSR count). The Hall–Kier alpha value is -6.96. The predicted octanol–water partition coefficient (Wildman–Crippen LogP) is 16.3. The zero-order chi connectivity index (χ0) is 40.9. The van der Waals surface area contributed by atoms with Crippen molar-refractivity contribution in [2.45, 2.75) is 50.9 Å². The summed E-state index contributed by atoms with van der Waals surface area (Å²) in [6, 6.07) is 72.3. The second kappa shape index (κ2) is 15.3. The monoisotopic (exact) mass is 783 g/mol. The van der Waals surface area contributed by atoms with E-state index in [9.17, 15) is 0 Å². The minimum Gasteiger partial charge on any atom is -0.310 e. The third-order valence-electron chi connectivity index (χ3n) is 13.6. The van der Waals surface area contributed by atoms with E-state index in [1.54, 1.807) is 0 Å². The fourth-order valence-corrected chi connectivity index (χ4v) is 10.5. The molecule has 1 atom stereocenters. The Kier molecular flexibility index (Phi) is 9.27. The zero-order valence-corrected chi connectivity index (χ0v) is 35.0. The summed E-state index contributed by atoms with van der Waals surface area (Å²) in [5.74, 6) is 0.382. The summed E-state index contributed by atoms with van der Waals surface area (Å²) in [5, 5.41) is 0. The number of hydrogen-bond donors (Lipinski definition) is 0. The molecule has 0 bridgehead atoms. The number of hydrogen-bond acceptors (Lipinski definition) is 1. The highest BCUT2D eigenvalue weighted by atomic mass is 15.1. The first kappa shape index (κ1) is 37.1. The number of nitrogens with zero attached hydrogens (tertiary/aromatic N) is 1. The van der Waals surface area contributed by atoms with Gasteiger partial charge in [0.25, 0.3) is 0 Å². The molecule has 1 heteroatoms. The number of rotatable bonds is 9. The number of aryl methyl sites for hydroxylation is 1. The normalized spacial score (nSPS) is 15.5. The summed E-state index contributed by atoms with van der Waals surface area (Å²) in [6.07, 6.45) is 9.10. The van der Waals surface area contributed by atoms with Crippen LogP contribution in [-0.4, -0.2) is 0 Å². The molecule has 1 unspecified atom stereocenters. The molecule has 0 aliphatic heterocycles. The maximum Gasteiger partial charge on any atom is 0.0468 e. The summed E-state index contributed by atoms with van der Waals surface area (Å²) in [6.45, 7) is 4.80. The lowest BCUT2D eigenvalue weighted by atomic mass is 9.80. The maximum atomic E-state index is 2.47. The molecule has 0 saturated heterocycles. The number of fused-ring (bicyclic) bond motifs is 5. The Morgan fingerprint density at radius 1 is 0.475 bits per heavy atom. The highest BCUT2D eigenvalue weighted by molar-refractivity contribution is 5.93. The lowest BCUT2D eigenvalue weighted by molar-refractivity contribution is 0.651. The molecule has 0 saturated carbocycles. The van der Waals surface area contributed by atoms with Gasteiger partial charge in [-0.2, -0.15) is 0 Å². The van der Waals surface area contributed by atoms with E-state index in [1.807, 2.05) is 0 Å². The topological polar surface area (TPSA) is 3.24 Å². The van der Waals surface area contributed by atoms with Crippen molar-refractivity contribution in [3.05, 3.63) is 240 Å². The van der Waals surface area contributed by atoms with Crippen molar-refractivity contribution in [3.8, 4) is 44.5 Å². The molecule has 8 aromatic carbocycles. The Bertz CT molecular complexity index is 2970. The van der Waals surface area contributed by atoms with E-state index in [2.05, 4.69) is 225 Å². The number of allylic oxidation sites excluding steroid dienone is 4. The van der Waals surface area contributed by atoms with Gasteiger partial charge in [-0.3, -0.25) is 0 Å². The zero-order valence-electron chi connectivity index (χ0n) is 35.0. The first-order chi connectivity index (χ1) is 30.0. The van der Waals surface area contributed by atoms with E-state index in [4.69, 9.17) is 0 Å². The Labute approximate surface area is 361 Å². The van der Waals surface area contributed by atoms with Gasteiger partial charge >= 0.3 is 0 Å². The minimum absolute atomic E-state index is 0.0633. The van der Waals surface area contributed by atoms with Gasteiger partial charge in [-0.1, -0.05) is 178 Å². The minimum atomic E-state index is -0.0633. The molecule has 0 amide bonds. The van der Waals surface area contributed by atoms with Gasteiger partial charge in [0.1, 0.15) is 0 Å². The third-order valence-corrected chi connectivity index (χ3v) is 13.6. The summed E-state index contributed by atoms with van der Waals surface area (Å²) in [7, 11) is 0. The maximum absolute atomic E-state index is 2.47. The summed E-state index contributed by atoms with van der Waals surface area (Å²) >= 11 is 0. The fraction of sp³-hybridized carbons (Fsp3) is 0.133. The highest BCUT2D eigenvalue weighted by Gasteiger charge is 2.37. The van der Waals surface area contributed by atoms with E-state index in [0.29, 0.717) is 5.92 Å². The third kappa shape index (κ3) is 6.57. The lowest BCUT2D eigenvalue weighted by Crippen LogP contribution is -2.18. The van der Waals surface area contributed by atoms with Gasteiger partial charge in [0, 0.05) is 28.4 Å². The van der Waals surface area contributed by atoms with Crippen LogP contribution in [0.25, 0.3) is 50.1 Å². The van der Waals surface area contributed by atoms with Gasteiger partial charge in [0.2, 0.25) is 0 Å². The lowest BCUT2D eigenvalue weighted by Gasteiger charge is -2.29. The SMILES string of the molecule is CC1(C)C2=C(CCC=C2)c2ccc(N(c3ccc(-c4ccccc4)cc3)c3ccc(-c4ccc5c(c4)-c4ccccc4C5CCc4ccccc4)c(-c4ccccc4)c3)cc21. The van der Waals surface area contributed by atoms with Gasteiger partial charge in [-0.15, -0.1) is 0 Å². The summed E-state index contributed by atoms with van der Waals surface area (Å²) in [5.41, 5.74) is 23.5. The van der Waals surface area contributed by atoms with Crippen LogP contribution in [0.3, 0.4) is 0 Å². The molecule has 3 aliphatic rings. The van der Waals surface area contributed by atoms with Crippen LogP contribution in [0.2, 0.25) is 0 Å². The summed E-state index contributed by atoms with van der Waals surface area (Å²) < 4.78 is 0. The molecule has 0 heterocycles. The van der Waals surface area contributed by atoms with Crippen LogP contribution in [0.4, 0.5) is 17.1 Å². The van der Waals surface area contributed by atoms with Crippen LogP contribution in [-0.2, 0) is 11.8 Å². The molecule has 0 spiro atoms. The number of benzene rings is 8. The highest BCUT2D eigenvalue weighted by Crippen LogP contribution is 2.53. The van der Waals surface area contributed by atoms with Crippen LogP contribution < -0.4 is 4.90 Å². The molecule has 0 radical (unpaired) electrons. The first-order valence-corrected chi connectivity index (χ1v) is 22.0. The smallest absolute Gasteiger partial charge is 0.0468 e. The van der Waals surface area contributed by atoms with Crippen LogP contribution in [0.1, 0.15) is 66.8 Å².